The molecule has 1 N–H and O–H groups in total. The first-order valence-corrected chi connectivity index (χ1v) is 7.10. The van der Waals surface area contributed by atoms with Crippen LogP contribution in [0.2, 0.25) is 0 Å². The molecule has 3 aromatic rings. The molecule has 0 amide bonds. The Balaban J connectivity index is 0.00000176. The number of ether oxygens (including phenoxy) is 1. The highest BCUT2D eigenvalue weighted by Gasteiger charge is 2.10. The average Bonchev–Trinajstić information content (AvgIpc) is 2.87. The van der Waals surface area contributed by atoms with E-state index < -0.39 is 0 Å². The van der Waals surface area contributed by atoms with Crippen LogP contribution in [0.15, 0.2) is 54.6 Å². The molecule has 0 aliphatic rings. The smallest absolute Gasteiger partial charge is 0.204 e. The van der Waals surface area contributed by atoms with Gasteiger partial charge in [-0.25, -0.2) is 4.98 Å². The van der Waals surface area contributed by atoms with Crippen LogP contribution in [0.25, 0.3) is 11.0 Å². The van der Waals surface area contributed by atoms with Crippen molar-refractivity contribution in [3.8, 4) is 0 Å². The summed E-state index contributed by atoms with van der Waals surface area (Å²) >= 11 is 0. The number of aromatic nitrogens is 2. The maximum Gasteiger partial charge on any atom is 0.204 e. The van der Waals surface area contributed by atoms with Crippen molar-refractivity contribution in [2.75, 3.05) is 25.6 Å². The van der Waals surface area contributed by atoms with E-state index in [4.69, 9.17) is 4.74 Å². The molecule has 1 heterocycles. The minimum absolute atomic E-state index is 0. The number of rotatable bonds is 6. The van der Waals surface area contributed by atoms with E-state index in [1.165, 1.54) is 5.56 Å². The van der Waals surface area contributed by atoms with E-state index in [1.807, 2.05) is 24.3 Å². The summed E-state index contributed by atoms with van der Waals surface area (Å²) in [6, 6.07) is 18.6. The monoisotopic (exact) mass is 317 g/mol. The molecule has 5 heteroatoms. The van der Waals surface area contributed by atoms with Gasteiger partial charge in [-0.3, -0.25) is 0 Å². The highest BCUT2D eigenvalue weighted by molar-refractivity contribution is 5.85. The molecule has 0 bridgehead atoms. The predicted octanol–water partition coefficient (Wildman–Crippen LogP) is 3.56. The molecule has 0 fully saturated rings. The van der Waals surface area contributed by atoms with Gasteiger partial charge in [-0.15, -0.1) is 12.4 Å². The fourth-order valence-electron chi connectivity index (χ4n) is 2.40. The standard InChI is InChI=1S/C17H19N3O.ClH/c1-21-12-11-18-17-19-15-9-5-6-10-16(15)20(17)13-14-7-3-2-4-8-14;/h2-10H,11-13H2,1H3,(H,18,19);1H. The second kappa shape index (κ2) is 7.82. The number of benzene rings is 2. The van der Waals surface area contributed by atoms with Crippen LogP contribution in [0.3, 0.4) is 0 Å². The Bertz CT molecular complexity index is 712. The maximum absolute atomic E-state index is 5.10. The third-order valence-corrected chi connectivity index (χ3v) is 3.43. The van der Waals surface area contributed by atoms with Gasteiger partial charge in [0.1, 0.15) is 0 Å². The number of fused-ring (bicyclic) bond motifs is 1. The molecule has 0 radical (unpaired) electrons. The Hall–Kier alpha value is -2.04. The first-order chi connectivity index (χ1) is 10.4. The number of halogens is 1. The summed E-state index contributed by atoms with van der Waals surface area (Å²) in [7, 11) is 1.70. The van der Waals surface area contributed by atoms with Gasteiger partial charge in [-0.2, -0.15) is 0 Å². The van der Waals surface area contributed by atoms with Gasteiger partial charge >= 0.3 is 0 Å². The number of imidazole rings is 1. The number of hydrogen-bond acceptors (Lipinski definition) is 3. The van der Waals surface area contributed by atoms with Crippen molar-refractivity contribution in [1.82, 2.24) is 9.55 Å². The van der Waals surface area contributed by atoms with Crippen LogP contribution in [0.1, 0.15) is 5.56 Å². The second-order valence-electron chi connectivity index (χ2n) is 4.92. The predicted molar refractivity (Wildman–Crippen MR) is 92.9 cm³/mol. The van der Waals surface area contributed by atoms with Crippen LogP contribution in [0.5, 0.6) is 0 Å². The lowest BCUT2D eigenvalue weighted by Gasteiger charge is -2.10. The molecule has 4 nitrogen and oxygen atoms in total. The lowest BCUT2D eigenvalue weighted by molar-refractivity contribution is 0.210. The van der Waals surface area contributed by atoms with Crippen LogP contribution >= 0.6 is 12.4 Å². The van der Waals surface area contributed by atoms with E-state index in [9.17, 15) is 0 Å². The van der Waals surface area contributed by atoms with Crippen molar-refractivity contribution >= 4 is 29.4 Å². The summed E-state index contributed by atoms with van der Waals surface area (Å²) in [4.78, 5) is 4.68. The summed E-state index contributed by atoms with van der Waals surface area (Å²) in [5.41, 5.74) is 3.41. The summed E-state index contributed by atoms with van der Waals surface area (Å²) in [6.45, 7) is 2.21. The third kappa shape index (κ3) is 3.59. The highest BCUT2D eigenvalue weighted by atomic mass is 35.5. The fourth-order valence-corrected chi connectivity index (χ4v) is 2.40. The molecule has 1 aromatic heterocycles. The van der Waals surface area contributed by atoms with Crippen molar-refractivity contribution in [2.45, 2.75) is 6.54 Å². The Morgan fingerprint density at radius 2 is 1.77 bits per heavy atom. The number of para-hydroxylation sites is 2. The normalized spacial score (nSPS) is 10.4. The van der Waals surface area contributed by atoms with Gasteiger partial charge in [-0.05, 0) is 17.7 Å². The van der Waals surface area contributed by atoms with E-state index in [2.05, 4.69) is 45.2 Å². The van der Waals surface area contributed by atoms with Gasteiger partial charge in [0.2, 0.25) is 5.95 Å². The zero-order valence-electron chi connectivity index (χ0n) is 12.5. The van der Waals surface area contributed by atoms with Crippen molar-refractivity contribution in [3.63, 3.8) is 0 Å². The van der Waals surface area contributed by atoms with Gasteiger partial charge in [0, 0.05) is 13.7 Å². The van der Waals surface area contributed by atoms with Gasteiger partial charge in [0.05, 0.1) is 24.2 Å². The Morgan fingerprint density at radius 3 is 2.55 bits per heavy atom. The van der Waals surface area contributed by atoms with E-state index in [0.717, 1.165) is 30.1 Å². The van der Waals surface area contributed by atoms with Crippen molar-refractivity contribution in [2.24, 2.45) is 0 Å². The molecular weight excluding hydrogens is 298 g/mol. The molecular formula is C17H20ClN3O. The van der Waals surface area contributed by atoms with E-state index in [-0.39, 0.29) is 12.4 Å². The van der Waals surface area contributed by atoms with Gasteiger partial charge in [0.15, 0.2) is 0 Å². The number of hydrogen-bond donors (Lipinski definition) is 1. The van der Waals surface area contributed by atoms with E-state index in [1.54, 1.807) is 7.11 Å². The zero-order valence-corrected chi connectivity index (χ0v) is 13.3. The Labute approximate surface area is 136 Å². The molecule has 0 saturated heterocycles. The SMILES string of the molecule is COCCNc1nc2ccccc2n1Cc1ccccc1.Cl. The van der Waals surface area contributed by atoms with E-state index >= 15 is 0 Å². The topological polar surface area (TPSA) is 39.1 Å². The number of methoxy groups -OCH3 is 1. The molecule has 0 atom stereocenters. The quantitative estimate of drug-likeness (QED) is 0.706. The van der Waals surface area contributed by atoms with Crippen LogP contribution in [-0.4, -0.2) is 29.8 Å². The minimum atomic E-state index is 0. The lowest BCUT2D eigenvalue weighted by Crippen LogP contribution is -2.13. The molecule has 0 unspecified atom stereocenters. The van der Waals surface area contributed by atoms with Crippen LogP contribution < -0.4 is 5.32 Å². The molecule has 0 aliphatic heterocycles. The number of nitrogens with one attached hydrogen (secondary N) is 1. The molecule has 22 heavy (non-hydrogen) atoms. The lowest BCUT2D eigenvalue weighted by atomic mass is 10.2. The van der Waals surface area contributed by atoms with Gasteiger partial charge in [-0.1, -0.05) is 42.5 Å². The van der Waals surface area contributed by atoms with Crippen molar-refractivity contribution < 1.29 is 4.74 Å². The minimum Gasteiger partial charge on any atom is -0.383 e. The molecule has 0 spiro atoms. The summed E-state index contributed by atoms with van der Waals surface area (Å²) in [6.07, 6.45) is 0. The van der Waals surface area contributed by atoms with Crippen molar-refractivity contribution in [3.05, 3.63) is 60.2 Å². The van der Waals surface area contributed by atoms with Crippen LogP contribution in [-0.2, 0) is 11.3 Å². The second-order valence-corrected chi connectivity index (χ2v) is 4.92. The van der Waals surface area contributed by atoms with Crippen LogP contribution in [0, 0.1) is 0 Å². The van der Waals surface area contributed by atoms with Gasteiger partial charge in [0.25, 0.3) is 0 Å². The Kier molecular flexibility index (Phi) is 5.81. The van der Waals surface area contributed by atoms with Crippen LogP contribution in [0.4, 0.5) is 5.95 Å². The van der Waals surface area contributed by atoms with Gasteiger partial charge < -0.3 is 14.6 Å². The summed E-state index contributed by atoms with van der Waals surface area (Å²) in [5.74, 6) is 0.886. The first-order valence-electron chi connectivity index (χ1n) is 7.10. The maximum atomic E-state index is 5.10. The largest absolute Gasteiger partial charge is 0.383 e. The molecule has 116 valence electrons. The molecule has 0 saturated carbocycles. The van der Waals surface area contributed by atoms with E-state index in [0.29, 0.717) is 6.61 Å². The third-order valence-electron chi connectivity index (χ3n) is 3.43. The zero-order chi connectivity index (χ0) is 14.5. The molecule has 2 aromatic carbocycles. The van der Waals surface area contributed by atoms with Crippen molar-refractivity contribution in [1.29, 1.82) is 0 Å². The fraction of sp³-hybridized carbons (Fsp3) is 0.235. The number of nitrogens with zero attached hydrogens (tertiary/aromatic N) is 2. The molecule has 0 aliphatic carbocycles. The Morgan fingerprint density at radius 1 is 1.05 bits per heavy atom. The highest BCUT2D eigenvalue weighted by Crippen LogP contribution is 2.21. The first kappa shape index (κ1) is 16.3. The average molecular weight is 318 g/mol. The summed E-state index contributed by atoms with van der Waals surface area (Å²) in [5, 5.41) is 3.35. The summed E-state index contributed by atoms with van der Waals surface area (Å²) < 4.78 is 7.30. The molecule has 3 rings (SSSR count). The number of anilines is 1.